The Morgan fingerprint density at radius 2 is 1.84 bits per heavy atom. The fourth-order valence-corrected chi connectivity index (χ4v) is 1.51. The highest BCUT2D eigenvalue weighted by atomic mass is 15.3. The second-order valence-electron chi connectivity index (χ2n) is 5.30. The number of nitrogen functional groups attached to an aromatic ring is 1. The highest BCUT2D eigenvalue weighted by Gasteiger charge is 2.08. The fourth-order valence-electron chi connectivity index (χ4n) is 1.51. The number of likely N-dealkylation sites (N-methyl/N-ethyl adjacent to an activating group) is 1. The zero-order chi connectivity index (χ0) is 14.4. The van der Waals surface area contributed by atoms with Gasteiger partial charge in [-0.2, -0.15) is 0 Å². The lowest BCUT2D eigenvalue weighted by atomic mass is 10.2. The van der Waals surface area contributed by atoms with Gasteiger partial charge in [0.2, 0.25) is 0 Å². The molecule has 0 amide bonds. The van der Waals surface area contributed by atoms with E-state index >= 15 is 0 Å². The summed E-state index contributed by atoms with van der Waals surface area (Å²) in [6.07, 6.45) is 0. The van der Waals surface area contributed by atoms with Crippen LogP contribution in [0.1, 0.15) is 39.4 Å². The predicted octanol–water partition coefficient (Wildman–Crippen LogP) is 1.64. The molecule has 0 bridgehead atoms. The quantitative estimate of drug-likeness (QED) is 0.514. The van der Waals surface area contributed by atoms with Crippen LogP contribution in [0.15, 0.2) is 6.07 Å². The highest BCUT2D eigenvalue weighted by molar-refractivity contribution is 5.47. The number of aromatic nitrogens is 2. The van der Waals surface area contributed by atoms with Gasteiger partial charge in [-0.3, -0.25) is 0 Å². The SMILES string of the molecule is CC(C)c1nc(NN)cc(NCCN(C)C(C)C)n1. The van der Waals surface area contributed by atoms with Gasteiger partial charge >= 0.3 is 0 Å². The van der Waals surface area contributed by atoms with Crippen LogP contribution in [0.25, 0.3) is 0 Å². The van der Waals surface area contributed by atoms with Crippen LogP contribution in [-0.2, 0) is 0 Å². The van der Waals surface area contributed by atoms with Crippen molar-refractivity contribution in [1.29, 1.82) is 0 Å². The van der Waals surface area contributed by atoms with E-state index in [0.717, 1.165) is 24.7 Å². The number of hydrogen-bond acceptors (Lipinski definition) is 6. The van der Waals surface area contributed by atoms with E-state index < -0.39 is 0 Å². The molecule has 0 saturated carbocycles. The molecule has 1 heterocycles. The molecular weight excluding hydrogens is 240 g/mol. The van der Waals surface area contributed by atoms with Gasteiger partial charge in [0, 0.05) is 31.1 Å². The molecule has 0 aliphatic heterocycles. The summed E-state index contributed by atoms with van der Waals surface area (Å²) < 4.78 is 0. The Hall–Kier alpha value is -1.40. The first kappa shape index (κ1) is 15.7. The van der Waals surface area contributed by atoms with Crippen molar-refractivity contribution in [2.45, 2.75) is 39.7 Å². The molecule has 1 aromatic rings. The molecule has 0 atom stereocenters. The van der Waals surface area contributed by atoms with Crippen molar-refractivity contribution in [3.05, 3.63) is 11.9 Å². The fraction of sp³-hybridized carbons (Fsp3) is 0.692. The number of nitrogens with two attached hydrogens (primary N) is 1. The Bertz CT molecular complexity index is 391. The van der Waals surface area contributed by atoms with Gasteiger partial charge in [0.05, 0.1) is 0 Å². The standard InChI is InChI=1S/C13H26N6/c1-9(2)13-16-11(8-12(17-13)18-14)15-6-7-19(5)10(3)4/h8-10H,6-7,14H2,1-5H3,(H2,15,16,17,18). The minimum atomic E-state index is 0.271. The molecule has 0 aromatic carbocycles. The summed E-state index contributed by atoms with van der Waals surface area (Å²) >= 11 is 0. The van der Waals surface area contributed by atoms with Crippen LogP contribution in [0.3, 0.4) is 0 Å². The van der Waals surface area contributed by atoms with Gasteiger partial charge in [-0.1, -0.05) is 13.8 Å². The summed E-state index contributed by atoms with van der Waals surface area (Å²) in [7, 11) is 2.11. The largest absolute Gasteiger partial charge is 0.369 e. The van der Waals surface area contributed by atoms with E-state index in [9.17, 15) is 0 Å². The lowest BCUT2D eigenvalue weighted by Gasteiger charge is -2.21. The lowest BCUT2D eigenvalue weighted by molar-refractivity contribution is 0.284. The first-order chi connectivity index (χ1) is 8.93. The number of hydrogen-bond donors (Lipinski definition) is 3. The molecule has 6 nitrogen and oxygen atoms in total. The van der Waals surface area contributed by atoms with E-state index in [1.54, 1.807) is 0 Å². The normalized spacial score (nSPS) is 11.4. The van der Waals surface area contributed by atoms with Crippen molar-refractivity contribution in [2.75, 3.05) is 30.9 Å². The van der Waals surface area contributed by atoms with E-state index in [1.807, 2.05) is 6.07 Å². The Kier molecular flexibility index (Phi) is 5.98. The van der Waals surface area contributed by atoms with E-state index in [4.69, 9.17) is 5.84 Å². The summed E-state index contributed by atoms with van der Waals surface area (Å²) in [4.78, 5) is 11.1. The Labute approximate surface area is 115 Å². The smallest absolute Gasteiger partial charge is 0.145 e. The zero-order valence-corrected chi connectivity index (χ0v) is 12.6. The molecule has 0 saturated heterocycles. The van der Waals surface area contributed by atoms with Gasteiger partial charge in [-0.05, 0) is 20.9 Å². The van der Waals surface area contributed by atoms with Gasteiger partial charge in [0.15, 0.2) is 0 Å². The average molecular weight is 266 g/mol. The zero-order valence-electron chi connectivity index (χ0n) is 12.6. The van der Waals surface area contributed by atoms with E-state index in [-0.39, 0.29) is 5.92 Å². The van der Waals surface area contributed by atoms with Crippen molar-refractivity contribution in [1.82, 2.24) is 14.9 Å². The number of rotatable bonds is 7. The van der Waals surface area contributed by atoms with Crippen molar-refractivity contribution in [3.8, 4) is 0 Å². The molecule has 108 valence electrons. The van der Waals surface area contributed by atoms with Gasteiger partial charge < -0.3 is 15.6 Å². The first-order valence-electron chi connectivity index (χ1n) is 6.73. The van der Waals surface area contributed by atoms with Crippen LogP contribution in [0.5, 0.6) is 0 Å². The van der Waals surface area contributed by atoms with Gasteiger partial charge in [-0.15, -0.1) is 0 Å². The molecule has 1 rings (SSSR count). The molecular formula is C13H26N6. The second-order valence-corrected chi connectivity index (χ2v) is 5.30. The number of nitrogens with zero attached hydrogens (tertiary/aromatic N) is 3. The summed E-state index contributed by atoms with van der Waals surface area (Å²) in [5, 5.41) is 3.31. The van der Waals surface area contributed by atoms with Gasteiger partial charge in [0.25, 0.3) is 0 Å². The molecule has 19 heavy (non-hydrogen) atoms. The molecule has 6 heteroatoms. The molecule has 0 fully saturated rings. The van der Waals surface area contributed by atoms with E-state index in [0.29, 0.717) is 11.9 Å². The third kappa shape index (κ3) is 5.00. The van der Waals surface area contributed by atoms with Crippen molar-refractivity contribution >= 4 is 11.6 Å². The van der Waals surface area contributed by atoms with Crippen LogP contribution in [0, 0.1) is 0 Å². The molecule has 0 unspecified atom stereocenters. The molecule has 4 N–H and O–H groups in total. The highest BCUT2D eigenvalue weighted by Crippen LogP contribution is 2.16. The Morgan fingerprint density at radius 3 is 2.37 bits per heavy atom. The van der Waals surface area contributed by atoms with Gasteiger partial charge in [-0.25, -0.2) is 15.8 Å². The van der Waals surface area contributed by atoms with Crippen molar-refractivity contribution < 1.29 is 0 Å². The maximum absolute atomic E-state index is 5.43. The first-order valence-corrected chi connectivity index (χ1v) is 6.73. The van der Waals surface area contributed by atoms with Crippen LogP contribution in [-0.4, -0.2) is 41.0 Å². The third-order valence-electron chi connectivity index (χ3n) is 3.06. The van der Waals surface area contributed by atoms with Crippen LogP contribution < -0.4 is 16.6 Å². The minimum Gasteiger partial charge on any atom is -0.369 e. The lowest BCUT2D eigenvalue weighted by Crippen LogP contribution is -2.31. The summed E-state index contributed by atoms with van der Waals surface area (Å²) in [5.41, 5.74) is 2.58. The molecule has 0 aliphatic carbocycles. The maximum atomic E-state index is 5.43. The van der Waals surface area contributed by atoms with E-state index in [2.05, 4.69) is 60.4 Å². The summed E-state index contributed by atoms with van der Waals surface area (Å²) in [5.74, 6) is 7.93. The molecule has 0 aliphatic rings. The topological polar surface area (TPSA) is 79.1 Å². The molecule has 1 aromatic heterocycles. The molecule has 0 radical (unpaired) electrons. The maximum Gasteiger partial charge on any atom is 0.145 e. The third-order valence-corrected chi connectivity index (χ3v) is 3.06. The van der Waals surface area contributed by atoms with Gasteiger partial charge in [0.1, 0.15) is 17.5 Å². The predicted molar refractivity (Wildman–Crippen MR) is 80.2 cm³/mol. The van der Waals surface area contributed by atoms with Crippen LogP contribution >= 0.6 is 0 Å². The summed E-state index contributed by atoms with van der Waals surface area (Å²) in [6.45, 7) is 10.3. The second kappa shape index (κ2) is 7.25. The van der Waals surface area contributed by atoms with Crippen LogP contribution in [0.4, 0.5) is 11.6 Å². The van der Waals surface area contributed by atoms with Crippen molar-refractivity contribution in [2.24, 2.45) is 5.84 Å². The van der Waals surface area contributed by atoms with Crippen LogP contribution in [0.2, 0.25) is 0 Å². The average Bonchev–Trinajstić information content (AvgIpc) is 2.37. The van der Waals surface area contributed by atoms with Crippen molar-refractivity contribution in [3.63, 3.8) is 0 Å². The minimum absolute atomic E-state index is 0.271. The Morgan fingerprint density at radius 1 is 1.21 bits per heavy atom. The number of anilines is 2. The monoisotopic (exact) mass is 266 g/mol. The number of hydrazine groups is 1. The Balaban J connectivity index is 2.64. The summed E-state index contributed by atoms with van der Waals surface area (Å²) in [6, 6.07) is 2.36. The molecule has 0 spiro atoms. The number of nitrogens with one attached hydrogen (secondary N) is 2. The van der Waals surface area contributed by atoms with E-state index in [1.165, 1.54) is 0 Å².